The monoisotopic (exact) mass is 994 g/mol. The van der Waals surface area contributed by atoms with E-state index in [2.05, 4.69) is 9.97 Å². The fraction of sp³-hybridized carbons (Fsp3) is 0. The van der Waals surface area contributed by atoms with Gasteiger partial charge in [-0.15, -0.1) is 0 Å². The van der Waals surface area contributed by atoms with E-state index in [1.165, 1.54) is 12.1 Å². The fourth-order valence-corrected chi connectivity index (χ4v) is 9.99. The summed E-state index contributed by atoms with van der Waals surface area (Å²) < 4.78 is 11.3. The van der Waals surface area contributed by atoms with E-state index in [0.717, 1.165) is 11.1 Å². The molecule has 4 N–H and O–H groups in total. The summed E-state index contributed by atoms with van der Waals surface area (Å²) >= 11 is 0. The predicted octanol–water partition coefficient (Wildman–Crippen LogP) is 12.0. The second-order valence-electron chi connectivity index (χ2n) is 17.8. The number of carbonyl (C=O) groups excluding carboxylic acids is 2. The molecule has 0 aliphatic carbocycles. The summed E-state index contributed by atoms with van der Waals surface area (Å²) in [5.41, 5.74) is 7.31. The average Bonchev–Trinajstić information content (AvgIpc) is 4.21. The van der Waals surface area contributed by atoms with Crippen molar-refractivity contribution in [2.45, 2.75) is 0 Å². The van der Waals surface area contributed by atoms with Crippen molar-refractivity contribution >= 4 is 69.0 Å². The molecule has 0 radical (unpaired) electrons. The van der Waals surface area contributed by atoms with Gasteiger partial charge in [0.2, 0.25) is 0 Å². The number of rotatable bonds is 10. The van der Waals surface area contributed by atoms with E-state index in [-0.39, 0.29) is 68.5 Å². The van der Waals surface area contributed by atoms with Gasteiger partial charge in [0.25, 0.3) is 12.9 Å². The van der Waals surface area contributed by atoms with E-state index >= 15 is 0 Å². The van der Waals surface area contributed by atoms with Crippen molar-refractivity contribution in [3.05, 3.63) is 181 Å². The number of carboxylic acid groups (broad SMARTS) is 2. The highest BCUT2D eigenvalue weighted by atomic mass is 16.5. The van der Waals surface area contributed by atoms with Crippen LogP contribution >= 0.6 is 0 Å². The van der Waals surface area contributed by atoms with Crippen LogP contribution in [0.3, 0.4) is 0 Å². The lowest BCUT2D eigenvalue weighted by molar-refractivity contribution is -0.121. The Morgan fingerprint density at radius 3 is 1.11 bits per heavy atom. The molecule has 0 unspecified atom stereocenters. The van der Waals surface area contributed by atoms with E-state index in [1.54, 1.807) is 24.3 Å². The molecule has 2 aliphatic heterocycles. The number of fused-ring (bicyclic) bond motifs is 20. The fourth-order valence-electron chi connectivity index (χ4n) is 9.99. The highest BCUT2D eigenvalue weighted by Crippen LogP contribution is 2.45. The van der Waals surface area contributed by atoms with Gasteiger partial charge in [-0.05, 0) is 81.9 Å². The van der Waals surface area contributed by atoms with Gasteiger partial charge in [-0.2, -0.15) is 0 Å². The van der Waals surface area contributed by atoms with Crippen molar-refractivity contribution in [3.63, 3.8) is 0 Å². The lowest BCUT2D eigenvalue weighted by atomic mass is 9.94. The van der Waals surface area contributed by atoms with Gasteiger partial charge in [-0.3, -0.25) is 9.59 Å². The molecule has 76 heavy (non-hydrogen) atoms. The second-order valence-corrected chi connectivity index (χ2v) is 17.8. The second kappa shape index (κ2) is 17.9. The Kier molecular flexibility index (Phi) is 10.6. The molecular weight excluding hydrogens is 961 g/mol. The summed E-state index contributed by atoms with van der Waals surface area (Å²) in [6.45, 7) is 0.693. The molecule has 0 atom stereocenters. The molecule has 0 spiro atoms. The highest BCUT2D eigenvalue weighted by Gasteiger charge is 2.28. The summed E-state index contributed by atoms with van der Waals surface area (Å²) in [6.07, 6.45) is 0. The number of aromatic carboxylic acids is 2. The van der Waals surface area contributed by atoms with Crippen LogP contribution in [0.15, 0.2) is 170 Å². The molecule has 11 aromatic rings. The van der Waals surface area contributed by atoms with E-state index in [0.29, 0.717) is 90.1 Å². The number of aromatic nitrogens is 8. The quantitative estimate of drug-likeness (QED) is 0.0933. The van der Waals surface area contributed by atoms with Crippen LogP contribution in [0, 0.1) is 0 Å². The maximum absolute atomic E-state index is 13.2. The number of hydrogen-bond acceptors (Lipinski definition) is 12. The maximum atomic E-state index is 13.2. The number of carbonyl (C=O) groups is 4. The third-order valence-electron chi connectivity index (χ3n) is 13.5. The van der Waals surface area contributed by atoms with Gasteiger partial charge in [-0.25, -0.2) is 39.5 Å². The van der Waals surface area contributed by atoms with Crippen LogP contribution in [0.25, 0.3) is 134 Å². The summed E-state index contributed by atoms with van der Waals surface area (Å²) in [5.74, 6) is -1.35. The van der Waals surface area contributed by atoms with E-state index in [4.69, 9.17) is 39.4 Å². The van der Waals surface area contributed by atoms with Gasteiger partial charge >= 0.3 is 11.9 Å². The molecule has 16 heteroatoms. The average molecular weight is 995 g/mol. The molecule has 0 amide bonds. The molecule has 0 fully saturated rings. The Morgan fingerprint density at radius 2 is 0.671 bits per heavy atom. The van der Waals surface area contributed by atoms with Gasteiger partial charge in [0.15, 0.2) is 23.3 Å². The molecule has 5 heterocycles. The van der Waals surface area contributed by atoms with Crippen molar-refractivity contribution in [1.82, 2.24) is 39.9 Å². The first-order valence-corrected chi connectivity index (χ1v) is 23.7. The van der Waals surface area contributed by atoms with Gasteiger partial charge in [-0.1, -0.05) is 121 Å². The number of H-pyrrole nitrogens is 2. The van der Waals surface area contributed by atoms with E-state index in [1.807, 2.05) is 133 Å². The minimum atomic E-state index is -1.18. The summed E-state index contributed by atoms with van der Waals surface area (Å²) in [7, 11) is 0. The summed E-state index contributed by atoms with van der Waals surface area (Å²) in [4.78, 5) is 88.3. The summed E-state index contributed by atoms with van der Waals surface area (Å²) in [6, 6.07) is 50.4. The first-order valence-electron chi connectivity index (χ1n) is 23.7. The zero-order valence-corrected chi connectivity index (χ0v) is 39.3. The van der Waals surface area contributed by atoms with E-state index < -0.39 is 11.9 Å². The molecule has 3 aromatic heterocycles. The van der Waals surface area contributed by atoms with Crippen molar-refractivity contribution < 1.29 is 38.9 Å². The number of hydrogen-bond donors (Lipinski definition) is 4. The zero-order valence-electron chi connectivity index (χ0n) is 39.3. The molecule has 8 aromatic carbocycles. The molecular formula is C60H34N8O8. The molecule has 13 rings (SSSR count). The van der Waals surface area contributed by atoms with Gasteiger partial charge < -0.3 is 29.7 Å². The topological polar surface area (TPSA) is 236 Å². The van der Waals surface area contributed by atoms with Gasteiger partial charge in [0.05, 0.1) is 11.1 Å². The van der Waals surface area contributed by atoms with Gasteiger partial charge in [0.1, 0.15) is 34.1 Å². The Labute approximate surface area is 428 Å². The van der Waals surface area contributed by atoms with Crippen LogP contribution in [0.2, 0.25) is 0 Å². The normalized spacial score (nSPS) is 11.5. The molecule has 8 bridgehead atoms. The predicted molar refractivity (Wildman–Crippen MR) is 285 cm³/mol. The largest absolute Gasteiger partial charge is 0.478 e. The molecule has 0 saturated heterocycles. The Bertz CT molecular complexity index is 4450. The minimum absolute atomic E-state index is 0.00536. The molecule has 16 nitrogen and oxygen atoms in total. The molecule has 0 saturated carbocycles. The summed E-state index contributed by atoms with van der Waals surface area (Å²) in [5, 5.41) is 23.4. The number of carboxylic acids is 2. The van der Waals surface area contributed by atoms with Crippen LogP contribution in [0.1, 0.15) is 20.7 Å². The Hall–Kier alpha value is -11.0. The van der Waals surface area contributed by atoms with Crippen LogP contribution in [-0.4, -0.2) is 75.0 Å². The maximum Gasteiger partial charge on any atom is 0.336 e. The number of nitrogens with one attached hydrogen (secondary N) is 2. The highest BCUT2D eigenvalue weighted by molar-refractivity contribution is 6.12. The molecule has 362 valence electrons. The lowest BCUT2D eigenvalue weighted by Gasteiger charge is -2.10. The first-order chi connectivity index (χ1) is 37.2. The van der Waals surface area contributed by atoms with Crippen molar-refractivity contribution in [1.29, 1.82) is 0 Å². The standard InChI is InChI=1S/C60H34N8O8/c69-29-75-49-27-45-41(23-37(49)33-17-9-3-10-18-33)53-64-54-42-24-38(34-19-11-4-12-20-34)50(76-30-70)28-46(42)58(66-54)68-56-44-26-48(60(73)74)36(32-15-7-2-8-16-32)22-40(44)52(63-56)61-51-39-21-35(31-13-5-1-6-14-31)47(59(71)72)25-43(39)55(62-51)67-57(45)65-53/h1-30H,(H,71,72)(H,73,74)(H2,61,62,63,64,65,66,67,68). The van der Waals surface area contributed by atoms with Crippen molar-refractivity contribution in [2.24, 2.45) is 0 Å². The first kappa shape index (κ1) is 44.9. The third kappa shape index (κ3) is 7.56. The lowest BCUT2D eigenvalue weighted by Crippen LogP contribution is -2.01. The minimum Gasteiger partial charge on any atom is -0.478 e. The van der Waals surface area contributed by atoms with Crippen molar-refractivity contribution in [2.75, 3.05) is 0 Å². The van der Waals surface area contributed by atoms with Gasteiger partial charge in [0, 0.05) is 54.9 Å². The van der Waals surface area contributed by atoms with Crippen LogP contribution in [0.5, 0.6) is 11.5 Å². The smallest absolute Gasteiger partial charge is 0.336 e. The van der Waals surface area contributed by atoms with Crippen LogP contribution in [-0.2, 0) is 9.59 Å². The SMILES string of the molecule is O=COc1cc2c(cc1-c1ccccc1)-c1nc-2nc2[nH]c(nc3nc(nc4[nH]c(n1)c1cc(-c5ccccc5)c(OC=O)cc41)-c1cc(C(=O)O)c(-c4ccccc4)cc1-3)c1cc(-c3ccccc3)c(C(=O)O)cc21. The third-order valence-corrected chi connectivity index (χ3v) is 13.5. The Balaban J connectivity index is 1.21. The van der Waals surface area contributed by atoms with Crippen LogP contribution in [0.4, 0.5) is 0 Å². The zero-order chi connectivity index (χ0) is 51.6. The number of ether oxygens (including phenoxy) is 2. The Morgan fingerprint density at radius 1 is 0.355 bits per heavy atom. The number of nitrogens with zero attached hydrogens (tertiary/aromatic N) is 6. The number of aromatic amines is 2. The van der Waals surface area contributed by atoms with E-state index in [9.17, 15) is 29.4 Å². The van der Waals surface area contributed by atoms with Crippen LogP contribution < -0.4 is 9.47 Å². The molecule has 2 aliphatic rings. The number of benzene rings is 8. The van der Waals surface area contributed by atoms with Crippen molar-refractivity contribution in [3.8, 4) is 102 Å².